The van der Waals surface area contributed by atoms with Gasteiger partial charge in [-0.05, 0) is 41.0 Å². The van der Waals surface area contributed by atoms with Gasteiger partial charge < -0.3 is 24.3 Å². The molecule has 3 aromatic carbocycles. The minimum atomic E-state index is -1.25. The Balaban J connectivity index is 1.39. The SMILES string of the molecule is CC(=O)O[C@H]1[C@@H](OC(C)=O)[C@@H](n2cnc3c(NCC#N)ncnc32)O[C@@H]1[C@H](OC(=O)c1ccc(-c2ccccc2)cc1)c1ccc(Cl)cc1. The number of ether oxygens (including phenoxy) is 4. The van der Waals surface area contributed by atoms with Crippen molar-refractivity contribution < 1.29 is 33.3 Å². The Morgan fingerprint density at radius 3 is 2.27 bits per heavy atom. The molecule has 0 spiro atoms. The first-order valence-electron chi connectivity index (χ1n) is 15.1. The quantitative estimate of drug-likeness (QED) is 0.113. The molecule has 1 aliphatic heterocycles. The van der Waals surface area contributed by atoms with Gasteiger partial charge in [0.2, 0.25) is 0 Å². The molecule has 0 radical (unpaired) electrons. The Kier molecular flexibility index (Phi) is 9.79. The third kappa shape index (κ3) is 7.20. The van der Waals surface area contributed by atoms with Gasteiger partial charge in [0.25, 0.3) is 0 Å². The number of hydrogen-bond donors (Lipinski definition) is 1. The van der Waals surface area contributed by atoms with Crippen molar-refractivity contribution in [2.75, 3.05) is 11.9 Å². The zero-order valence-corrected chi connectivity index (χ0v) is 27.0. The van der Waals surface area contributed by atoms with Crippen LogP contribution >= 0.6 is 11.6 Å². The van der Waals surface area contributed by atoms with Crippen LogP contribution in [0, 0.1) is 11.3 Å². The number of nitrogens with zero attached hydrogens (tertiary/aromatic N) is 5. The van der Waals surface area contributed by atoms with Crippen molar-refractivity contribution >= 4 is 46.5 Å². The van der Waals surface area contributed by atoms with Crippen molar-refractivity contribution in [1.82, 2.24) is 19.5 Å². The van der Waals surface area contributed by atoms with E-state index in [0.717, 1.165) is 11.1 Å². The number of benzene rings is 3. The molecule has 1 saturated heterocycles. The summed E-state index contributed by atoms with van der Waals surface area (Å²) in [6, 6.07) is 25.2. The Hall–Kier alpha value is -5.84. The molecule has 0 saturated carbocycles. The van der Waals surface area contributed by atoms with E-state index in [1.54, 1.807) is 36.4 Å². The minimum absolute atomic E-state index is 0.0330. The Labute approximate surface area is 285 Å². The van der Waals surface area contributed by atoms with Gasteiger partial charge in [0.1, 0.15) is 19.0 Å². The molecular weight excluding hydrogens is 652 g/mol. The van der Waals surface area contributed by atoms with E-state index >= 15 is 0 Å². The van der Waals surface area contributed by atoms with Crippen LogP contribution in [0.2, 0.25) is 5.02 Å². The summed E-state index contributed by atoms with van der Waals surface area (Å²) in [5.74, 6) is -1.74. The van der Waals surface area contributed by atoms with Crippen LogP contribution in [-0.4, -0.2) is 62.3 Å². The van der Waals surface area contributed by atoms with Gasteiger partial charge in [0.05, 0.1) is 18.0 Å². The smallest absolute Gasteiger partial charge is 0.338 e. The van der Waals surface area contributed by atoms with Crippen LogP contribution < -0.4 is 5.32 Å². The van der Waals surface area contributed by atoms with E-state index in [1.807, 2.05) is 48.5 Å². The molecule has 0 unspecified atom stereocenters. The predicted molar refractivity (Wildman–Crippen MR) is 176 cm³/mol. The minimum Gasteiger partial charge on any atom is -0.455 e. The van der Waals surface area contributed by atoms with Crippen molar-refractivity contribution in [3.05, 3.63) is 108 Å². The maximum absolute atomic E-state index is 13.7. The van der Waals surface area contributed by atoms with Gasteiger partial charge in [0.15, 0.2) is 41.5 Å². The molecule has 1 aliphatic rings. The van der Waals surface area contributed by atoms with Crippen molar-refractivity contribution in [3.63, 3.8) is 0 Å². The number of nitriles is 1. The van der Waals surface area contributed by atoms with Crippen LogP contribution in [0.3, 0.4) is 0 Å². The molecule has 13 nitrogen and oxygen atoms in total. The van der Waals surface area contributed by atoms with Crippen LogP contribution in [0.25, 0.3) is 22.3 Å². The first-order valence-corrected chi connectivity index (χ1v) is 15.5. The third-order valence-corrected chi connectivity index (χ3v) is 8.01. The molecule has 14 heteroatoms. The largest absolute Gasteiger partial charge is 0.455 e. The highest BCUT2D eigenvalue weighted by Gasteiger charge is 2.54. The van der Waals surface area contributed by atoms with Crippen molar-refractivity contribution in [1.29, 1.82) is 5.26 Å². The van der Waals surface area contributed by atoms with E-state index in [9.17, 15) is 14.4 Å². The van der Waals surface area contributed by atoms with Crippen LogP contribution in [0.1, 0.15) is 42.1 Å². The van der Waals surface area contributed by atoms with E-state index in [2.05, 4.69) is 20.3 Å². The average Bonchev–Trinajstić information content (AvgIpc) is 3.68. The van der Waals surface area contributed by atoms with E-state index in [4.69, 9.17) is 35.8 Å². The maximum atomic E-state index is 13.7. The van der Waals surface area contributed by atoms with Crippen molar-refractivity contribution in [3.8, 4) is 17.2 Å². The Morgan fingerprint density at radius 2 is 1.59 bits per heavy atom. The monoisotopic (exact) mass is 680 g/mol. The van der Waals surface area contributed by atoms with E-state index < -0.39 is 48.6 Å². The zero-order chi connectivity index (χ0) is 34.5. The Bertz CT molecular complexity index is 2010. The highest BCUT2D eigenvalue weighted by Crippen LogP contribution is 2.42. The number of anilines is 1. The second-order valence-corrected chi connectivity index (χ2v) is 11.5. The summed E-state index contributed by atoms with van der Waals surface area (Å²) in [5, 5.41) is 12.4. The van der Waals surface area contributed by atoms with Crippen LogP contribution in [0.5, 0.6) is 0 Å². The molecule has 5 atom stereocenters. The van der Waals surface area contributed by atoms with Crippen LogP contribution in [0.15, 0.2) is 91.5 Å². The number of hydrogen-bond acceptors (Lipinski definition) is 12. The third-order valence-electron chi connectivity index (χ3n) is 7.76. The first-order chi connectivity index (χ1) is 23.7. The Morgan fingerprint density at radius 1 is 0.918 bits per heavy atom. The molecular formula is C35H29ClN6O7. The van der Waals surface area contributed by atoms with Crippen molar-refractivity contribution in [2.24, 2.45) is 0 Å². The van der Waals surface area contributed by atoms with Gasteiger partial charge in [0, 0.05) is 18.9 Å². The first kappa shape index (κ1) is 33.1. The summed E-state index contributed by atoms with van der Waals surface area (Å²) in [5.41, 5.74) is 3.23. The van der Waals surface area contributed by atoms with Gasteiger partial charge in [-0.15, -0.1) is 0 Å². The van der Waals surface area contributed by atoms with Gasteiger partial charge in [-0.1, -0.05) is 66.2 Å². The standard InChI is InChI=1S/C35H29ClN6O7/c1-20(43)46-30-29(48-34(31(30)47-21(2)44)42-19-41-27-32(38-17-16-37)39-18-40-33(27)42)28(24-12-14-26(36)15-13-24)49-35(45)25-10-8-23(9-11-25)22-6-4-3-5-7-22/h3-15,18-19,28-31,34H,17H2,1-2H3,(H,38,39,40)/t28-,29-,30-,31-,34+/m1/s1. The van der Waals surface area contributed by atoms with E-state index in [1.165, 1.54) is 31.1 Å². The summed E-state index contributed by atoms with van der Waals surface area (Å²) in [6.07, 6.45) is -3.32. The topological polar surface area (TPSA) is 168 Å². The van der Waals surface area contributed by atoms with E-state index in [-0.39, 0.29) is 17.8 Å². The molecule has 0 aliphatic carbocycles. The normalized spacial score (nSPS) is 19.1. The summed E-state index contributed by atoms with van der Waals surface area (Å²) in [6.45, 7) is 2.39. The highest BCUT2D eigenvalue weighted by atomic mass is 35.5. The molecule has 49 heavy (non-hydrogen) atoms. The number of carbonyl (C=O) groups excluding carboxylic acids is 3. The lowest BCUT2D eigenvalue weighted by atomic mass is 9.98. The molecule has 3 heterocycles. The number of carbonyl (C=O) groups is 3. The van der Waals surface area contributed by atoms with E-state index in [0.29, 0.717) is 21.9 Å². The van der Waals surface area contributed by atoms with Crippen LogP contribution in [0.4, 0.5) is 5.82 Å². The number of esters is 3. The zero-order valence-electron chi connectivity index (χ0n) is 26.2. The lowest BCUT2D eigenvalue weighted by molar-refractivity contribution is -0.166. The van der Waals surface area contributed by atoms with Crippen molar-refractivity contribution in [2.45, 2.75) is 44.5 Å². The molecule has 1 fully saturated rings. The van der Waals surface area contributed by atoms with Gasteiger partial charge >= 0.3 is 17.9 Å². The number of imidazole rings is 1. The average molecular weight is 681 g/mol. The van der Waals surface area contributed by atoms with Crippen LogP contribution in [-0.2, 0) is 28.5 Å². The fourth-order valence-electron chi connectivity index (χ4n) is 5.66. The summed E-state index contributed by atoms with van der Waals surface area (Å²) in [4.78, 5) is 51.6. The molecule has 2 aromatic heterocycles. The number of aromatic nitrogens is 4. The second kappa shape index (κ2) is 14.5. The fraction of sp³-hybridized carbons (Fsp3) is 0.229. The summed E-state index contributed by atoms with van der Waals surface area (Å²) >= 11 is 6.20. The lowest BCUT2D eigenvalue weighted by Crippen LogP contribution is -2.41. The summed E-state index contributed by atoms with van der Waals surface area (Å²) in [7, 11) is 0. The lowest BCUT2D eigenvalue weighted by Gasteiger charge is -2.28. The second-order valence-electron chi connectivity index (χ2n) is 11.0. The molecule has 6 rings (SSSR count). The molecule has 0 bridgehead atoms. The predicted octanol–water partition coefficient (Wildman–Crippen LogP) is 5.44. The van der Waals surface area contributed by atoms with Gasteiger partial charge in [-0.2, -0.15) is 5.26 Å². The number of rotatable bonds is 10. The number of fused-ring (bicyclic) bond motifs is 1. The number of nitrogens with one attached hydrogen (secondary N) is 1. The number of halogens is 1. The molecule has 1 N–H and O–H groups in total. The molecule has 248 valence electrons. The highest BCUT2D eigenvalue weighted by molar-refractivity contribution is 6.30. The molecule has 0 amide bonds. The fourth-order valence-corrected chi connectivity index (χ4v) is 5.78. The summed E-state index contributed by atoms with van der Waals surface area (Å²) < 4.78 is 25.7. The van der Waals surface area contributed by atoms with Gasteiger partial charge in [-0.3, -0.25) is 14.2 Å². The maximum Gasteiger partial charge on any atom is 0.338 e. The molecule has 5 aromatic rings. The van der Waals surface area contributed by atoms with Gasteiger partial charge in [-0.25, -0.2) is 19.7 Å².